The van der Waals surface area contributed by atoms with Crippen molar-refractivity contribution in [3.05, 3.63) is 27.8 Å². The molecule has 6 heteroatoms. The van der Waals surface area contributed by atoms with Crippen molar-refractivity contribution in [2.45, 2.75) is 32.7 Å². The van der Waals surface area contributed by atoms with Gasteiger partial charge in [-0.15, -0.1) is 10.2 Å². The van der Waals surface area contributed by atoms with Crippen molar-refractivity contribution in [2.24, 2.45) is 0 Å². The van der Waals surface area contributed by atoms with Gasteiger partial charge in [-0.05, 0) is 47.4 Å². The molecule has 0 amide bonds. The lowest BCUT2D eigenvalue weighted by atomic mass is 10.2. The second-order valence-corrected chi connectivity index (χ2v) is 6.06. The van der Waals surface area contributed by atoms with Gasteiger partial charge in [0.2, 0.25) is 0 Å². The van der Waals surface area contributed by atoms with Gasteiger partial charge in [0, 0.05) is 10.7 Å². The van der Waals surface area contributed by atoms with E-state index in [4.69, 9.17) is 0 Å². The molecular weight excluding hydrogens is 324 g/mol. The van der Waals surface area contributed by atoms with Crippen LogP contribution in [0.4, 0.5) is 0 Å². The zero-order valence-corrected chi connectivity index (χ0v) is 13.5. The van der Waals surface area contributed by atoms with E-state index in [0.29, 0.717) is 0 Å². The monoisotopic (exact) mass is 340 g/mol. The lowest BCUT2D eigenvalue weighted by molar-refractivity contribution is 0.513. The Morgan fingerprint density at radius 3 is 2.89 bits per heavy atom. The number of aromatic nitrogens is 3. The normalized spacial score (nSPS) is 12.6. The highest BCUT2D eigenvalue weighted by Gasteiger charge is 2.16. The fraction of sp³-hybridized carbons (Fsp3) is 0.462. The summed E-state index contributed by atoms with van der Waals surface area (Å²) in [7, 11) is 0. The minimum absolute atomic E-state index is 0.286. The standard InChI is InChI=1S/C13H17BrN4S/c1-3-7-15-10(4-2)12-17-18-13(19-12)11-9(14)6-5-8-16-11/h5-6,8,10,15H,3-4,7H2,1-2H3. The minimum Gasteiger partial charge on any atom is -0.308 e. The van der Waals surface area contributed by atoms with Gasteiger partial charge in [0.1, 0.15) is 10.7 Å². The molecule has 0 fully saturated rings. The van der Waals surface area contributed by atoms with Gasteiger partial charge in [0.25, 0.3) is 0 Å². The van der Waals surface area contributed by atoms with E-state index in [2.05, 4.69) is 50.3 Å². The van der Waals surface area contributed by atoms with Crippen molar-refractivity contribution in [3.8, 4) is 10.7 Å². The summed E-state index contributed by atoms with van der Waals surface area (Å²) in [6.45, 7) is 5.32. The molecule has 4 nitrogen and oxygen atoms in total. The van der Waals surface area contributed by atoms with Crippen molar-refractivity contribution in [2.75, 3.05) is 6.54 Å². The van der Waals surface area contributed by atoms with E-state index >= 15 is 0 Å². The Hall–Kier alpha value is -0.850. The molecule has 0 saturated heterocycles. The molecule has 1 N–H and O–H groups in total. The number of halogens is 1. The average Bonchev–Trinajstić information content (AvgIpc) is 2.90. The van der Waals surface area contributed by atoms with E-state index in [1.54, 1.807) is 17.5 Å². The topological polar surface area (TPSA) is 50.7 Å². The molecule has 0 aliphatic carbocycles. The van der Waals surface area contributed by atoms with Crippen LogP contribution in [0.25, 0.3) is 10.7 Å². The molecule has 2 aromatic rings. The Balaban J connectivity index is 2.21. The SMILES string of the molecule is CCCNC(CC)c1nnc(-c2ncccc2Br)s1. The fourth-order valence-electron chi connectivity index (χ4n) is 1.74. The van der Waals surface area contributed by atoms with Gasteiger partial charge in [-0.25, -0.2) is 0 Å². The minimum atomic E-state index is 0.286. The number of hydrogen-bond acceptors (Lipinski definition) is 5. The Morgan fingerprint density at radius 2 is 2.21 bits per heavy atom. The zero-order chi connectivity index (χ0) is 13.7. The smallest absolute Gasteiger partial charge is 0.167 e. The molecule has 0 aromatic carbocycles. The molecule has 1 atom stereocenters. The second-order valence-electron chi connectivity index (χ2n) is 4.19. The maximum absolute atomic E-state index is 4.35. The summed E-state index contributed by atoms with van der Waals surface area (Å²) in [6.07, 6.45) is 3.90. The predicted molar refractivity (Wildman–Crippen MR) is 82.2 cm³/mol. The molecule has 0 aliphatic heterocycles. The lowest BCUT2D eigenvalue weighted by Gasteiger charge is -2.12. The summed E-state index contributed by atoms with van der Waals surface area (Å²) in [4.78, 5) is 4.35. The van der Waals surface area contributed by atoms with Gasteiger partial charge >= 0.3 is 0 Å². The summed E-state index contributed by atoms with van der Waals surface area (Å²) in [5.41, 5.74) is 0.858. The van der Waals surface area contributed by atoms with E-state index in [1.165, 1.54) is 0 Å². The molecule has 19 heavy (non-hydrogen) atoms. The Bertz CT molecular complexity index is 529. The van der Waals surface area contributed by atoms with Crippen LogP contribution < -0.4 is 5.32 Å². The number of nitrogens with one attached hydrogen (secondary N) is 1. The van der Waals surface area contributed by atoms with Crippen molar-refractivity contribution >= 4 is 27.3 Å². The van der Waals surface area contributed by atoms with Gasteiger partial charge in [-0.3, -0.25) is 4.98 Å². The number of hydrogen-bond donors (Lipinski definition) is 1. The van der Waals surface area contributed by atoms with Crippen molar-refractivity contribution in [1.29, 1.82) is 0 Å². The molecule has 2 heterocycles. The molecule has 0 bridgehead atoms. The lowest BCUT2D eigenvalue weighted by Crippen LogP contribution is -2.21. The molecule has 1 unspecified atom stereocenters. The van der Waals surface area contributed by atoms with Crippen LogP contribution in [0.1, 0.15) is 37.7 Å². The summed E-state index contributed by atoms with van der Waals surface area (Å²) >= 11 is 5.11. The van der Waals surface area contributed by atoms with Crippen LogP contribution in [-0.2, 0) is 0 Å². The molecule has 0 aliphatic rings. The first kappa shape index (κ1) is 14.6. The Kier molecular flexibility index (Phi) is 5.42. The van der Waals surface area contributed by atoms with Crippen molar-refractivity contribution < 1.29 is 0 Å². The molecule has 2 aromatic heterocycles. The summed E-state index contributed by atoms with van der Waals surface area (Å²) < 4.78 is 0.951. The summed E-state index contributed by atoms with van der Waals surface area (Å²) in [6, 6.07) is 4.15. The molecular formula is C13H17BrN4S. The van der Waals surface area contributed by atoms with E-state index < -0.39 is 0 Å². The quantitative estimate of drug-likeness (QED) is 0.868. The Labute approximate surface area is 125 Å². The van der Waals surface area contributed by atoms with E-state index in [-0.39, 0.29) is 6.04 Å². The van der Waals surface area contributed by atoms with Crippen LogP contribution in [0.3, 0.4) is 0 Å². The number of pyridine rings is 1. The molecule has 0 radical (unpaired) electrons. The van der Waals surface area contributed by atoms with E-state index in [0.717, 1.165) is 39.6 Å². The van der Waals surface area contributed by atoms with E-state index in [1.807, 2.05) is 12.1 Å². The summed E-state index contributed by atoms with van der Waals surface area (Å²) in [5, 5.41) is 13.9. The van der Waals surface area contributed by atoms with Crippen LogP contribution in [-0.4, -0.2) is 21.7 Å². The van der Waals surface area contributed by atoms with E-state index in [9.17, 15) is 0 Å². The summed E-state index contributed by atoms with van der Waals surface area (Å²) in [5.74, 6) is 0. The second kappa shape index (κ2) is 7.07. The van der Waals surface area contributed by atoms with Crippen LogP contribution in [0, 0.1) is 0 Å². The highest BCUT2D eigenvalue weighted by molar-refractivity contribution is 9.10. The van der Waals surface area contributed by atoms with Gasteiger partial charge < -0.3 is 5.32 Å². The van der Waals surface area contributed by atoms with Crippen LogP contribution in [0.2, 0.25) is 0 Å². The highest BCUT2D eigenvalue weighted by Crippen LogP contribution is 2.30. The van der Waals surface area contributed by atoms with Crippen molar-refractivity contribution in [3.63, 3.8) is 0 Å². The highest BCUT2D eigenvalue weighted by atomic mass is 79.9. The van der Waals surface area contributed by atoms with Gasteiger partial charge in [-0.2, -0.15) is 0 Å². The largest absolute Gasteiger partial charge is 0.308 e. The average molecular weight is 341 g/mol. The maximum Gasteiger partial charge on any atom is 0.167 e. The number of nitrogens with zero attached hydrogens (tertiary/aromatic N) is 3. The first-order valence-corrected chi connectivity index (χ1v) is 8.04. The Morgan fingerprint density at radius 1 is 1.37 bits per heavy atom. The molecule has 2 rings (SSSR count). The maximum atomic E-state index is 4.35. The van der Waals surface area contributed by atoms with Gasteiger partial charge in [0.05, 0.1) is 6.04 Å². The number of rotatable bonds is 6. The fourth-order valence-corrected chi connectivity index (χ4v) is 3.33. The third kappa shape index (κ3) is 3.58. The van der Waals surface area contributed by atoms with Crippen LogP contribution >= 0.6 is 27.3 Å². The molecule has 0 spiro atoms. The first-order valence-electron chi connectivity index (χ1n) is 6.43. The van der Waals surface area contributed by atoms with Crippen LogP contribution in [0.5, 0.6) is 0 Å². The van der Waals surface area contributed by atoms with Gasteiger partial charge in [0.15, 0.2) is 5.01 Å². The van der Waals surface area contributed by atoms with Crippen molar-refractivity contribution in [1.82, 2.24) is 20.5 Å². The van der Waals surface area contributed by atoms with Gasteiger partial charge in [-0.1, -0.05) is 25.2 Å². The molecule has 0 saturated carbocycles. The van der Waals surface area contributed by atoms with Crippen LogP contribution in [0.15, 0.2) is 22.8 Å². The molecule has 102 valence electrons. The third-order valence-electron chi connectivity index (χ3n) is 2.75. The third-order valence-corrected chi connectivity index (χ3v) is 4.43. The predicted octanol–water partition coefficient (Wildman–Crippen LogP) is 3.81. The first-order chi connectivity index (χ1) is 9.26. The zero-order valence-electron chi connectivity index (χ0n) is 11.1.